The molecule has 0 saturated carbocycles. The lowest BCUT2D eigenvalue weighted by Crippen LogP contribution is -2.41. The minimum absolute atomic E-state index is 0.0866. The van der Waals surface area contributed by atoms with Gasteiger partial charge in [0.05, 0.1) is 17.1 Å². The minimum atomic E-state index is -0.535. The molecule has 108 valence electrons. The Labute approximate surface area is 115 Å². The fourth-order valence-electron chi connectivity index (χ4n) is 2.72. The average molecular weight is 280 g/mol. The highest BCUT2D eigenvalue weighted by Crippen LogP contribution is 2.35. The molecule has 1 aromatic rings. The maximum atomic E-state index is 10.5. The molecule has 2 saturated heterocycles. The Morgan fingerprint density at radius 1 is 1.40 bits per heavy atom. The van der Waals surface area contributed by atoms with Crippen LogP contribution in [0.2, 0.25) is 0 Å². The van der Waals surface area contributed by atoms with Crippen LogP contribution in [0.3, 0.4) is 0 Å². The molecular formula is C12H16N4O4. The van der Waals surface area contributed by atoms with Crippen LogP contribution in [0.4, 0.5) is 5.69 Å². The third-order valence-electron chi connectivity index (χ3n) is 3.79. The van der Waals surface area contributed by atoms with Gasteiger partial charge in [-0.3, -0.25) is 10.1 Å². The van der Waals surface area contributed by atoms with E-state index in [0.29, 0.717) is 6.61 Å². The van der Waals surface area contributed by atoms with Gasteiger partial charge in [0.1, 0.15) is 18.5 Å². The van der Waals surface area contributed by atoms with Gasteiger partial charge in [0, 0.05) is 6.42 Å². The SMILES string of the molecule is O=[N+]([O-])c1cnc(OC2COC3(CCNCC3)C2)nc1. The summed E-state index contributed by atoms with van der Waals surface area (Å²) in [7, 11) is 0. The van der Waals surface area contributed by atoms with Crippen LogP contribution in [0.1, 0.15) is 19.3 Å². The molecule has 1 aromatic heterocycles. The summed E-state index contributed by atoms with van der Waals surface area (Å²) in [6, 6.07) is 0.162. The third kappa shape index (κ3) is 2.70. The van der Waals surface area contributed by atoms with Crippen molar-refractivity contribution < 1.29 is 14.4 Å². The lowest BCUT2D eigenvalue weighted by atomic mass is 9.89. The van der Waals surface area contributed by atoms with Crippen molar-refractivity contribution in [3.8, 4) is 6.01 Å². The van der Waals surface area contributed by atoms with Crippen LogP contribution in [0, 0.1) is 10.1 Å². The van der Waals surface area contributed by atoms with Crippen LogP contribution in [-0.2, 0) is 4.74 Å². The third-order valence-corrected chi connectivity index (χ3v) is 3.79. The van der Waals surface area contributed by atoms with Crippen molar-refractivity contribution >= 4 is 5.69 Å². The van der Waals surface area contributed by atoms with Gasteiger partial charge >= 0.3 is 11.7 Å². The normalized spacial score (nSPS) is 24.7. The second kappa shape index (κ2) is 5.29. The summed E-state index contributed by atoms with van der Waals surface area (Å²) in [4.78, 5) is 17.7. The maximum absolute atomic E-state index is 10.5. The van der Waals surface area contributed by atoms with Crippen LogP contribution in [0.25, 0.3) is 0 Å². The minimum Gasteiger partial charge on any atom is -0.458 e. The highest BCUT2D eigenvalue weighted by atomic mass is 16.6. The summed E-state index contributed by atoms with van der Waals surface area (Å²) in [6.07, 6.45) is 4.99. The molecule has 8 heteroatoms. The number of piperidine rings is 1. The lowest BCUT2D eigenvalue weighted by molar-refractivity contribution is -0.385. The Hall–Kier alpha value is -1.80. The molecule has 1 spiro atoms. The Morgan fingerprint density at radius 2 is 2.10 bits per heavy atom. The Bertz CT molecular complexity index is 487. The van der Waals surface area contributed by atoms with Crippen molar-refractivity contribution in [3.05, 3.63) is 22.5 Å². The first-order chi connectivity index (χ1) is 9.67. The molecule has 1 N–H and O–H groups in total. The van der Waals surface area contributed by atoms with Crippen LogP contribution >= 0.6 is 0 Å². The topological polar surface area (TPSA) is 99.4 Å². The van der Waals surface area contributed by atoms with Crippen molar-refractivity contribution in [2.24, 2.45) is 0 Å². The molecule has 2 aliphatic rings. The predicted octanol–water partition coefficient (Wildman–Crippen LogP) is 0.675. The van der Waals surface area contributed by atoms with Gasteiger partial charge < -0.3 is 14.8 Å². The monoisotopic (exact) mass is 280 g/mol. The quantitative estimate of drug-likeness (QED) is 0.641. The van der Waals surface area contributed by atoms with Crippen molar-refractivity contribution in [1.82, 2.24) is 15.3 Å². The van der Waals surface area contributed by atoms with Gasteiger partial charge in [-0.25, -0.2) is 0 Å². The largest absolute Gasteiger partial charge is 0.458 e. The maximum Gasteiger partial charge on any atom is 0.317 e. The van der Waals surface area contributed by atoms with Gasteiger partial charge in [-0.15, -0.1) is 0 Å². The molecular weight excluding hydrogens is 264 g/mol. The van der Waals surface area contributed by atoms with Crippen LogP contribution < -0.4 is 10.1 Å². The first-order valence-corrected chi connectivity index (χ1v) is 6.65. The van der Waals surface area contributed by atoms with E-state index in [1.54, 1.807) is 0 Å². The van der Waals surface area contributed by atoms with Gasteiger partial charge in [-0.05, 0) is 25.9 Å². The summed E-state index contributed by atoms with van der Waals surface area (Å²) in [6.45, 7) is 2.43. The Kier molecular flexibility index (Phi) is 3.49. The zero-order chi connectivity index (χ0) is 14.0. The number of nitrogens with one attached hydrogen (secondary N) is 1. The van der Waals surface area contributed by atoms with Crippen molar-refractivity contribution in [2.75, 3.05) is 19.7 Å². The van der Waals surface area contributed by atoms with Crippen LogP contribution in [0.15, 0.2) is 12.4 Å². The second-order valence-electron chi connectivity index (χ2n) is 5.17. The standard InChI is InChI=1S/C12H16N4O4/c17-16(18)9-6-14-11(15-7-9)20-10-5-12(19-8-10)1-3-13-4-2-12/h6-7,10,13H,1-5,8H2. The zero-order valence-electron chi connectivity index (χ0n) is 10.9. The number of rotatable bonds is 3. The van der Waals surface area contributed by atoms with Gasteiger partial charge in [0.25, 0.3) is 0 Å². The lowest BCUT2D eigenvalue weighted by Gasteiger charge is -2.32. The molecule has 20 heavy (non-hydrogen) atoms. The number of aromatic nitrogens is 2. The van der Waals surface area contributed by atoms with Gasteiger partial charge in [0.2, 0.25) is 0 Å². The van der Waals surface area contributed by atoms with E-state index in [0.717, 1.165) is 44.7 Å². The summed E-state index contributed by atoms with van der Waals surface area (Å²) in [5, 5.41) is 13.8. The van der Waals surface area contributed by atoms with Crippen molar-refractivity contribution in [3.63, 3.8) is 0 Å². The molecule has 3 heterocycles. The van der Waals surface area contributed by atoms with Gasteiger partial charge in [0.15, 0.2) is 0 Å². The number of ether oxygens (including phenoxy) is 2. The molecule has 0 radical (unpaired) electrons. The Morgan fingerprint density at radius 3 is 2.75 bits per heavy atom. The molecule has 0 amide bonds. The van der Waals surface area contributed by atoms with Crippen molar-refractivity contribution in [1.29, 1.82) is 0 Å². The highest BCUT2D eigenvalue weighted by Gasteiger charge is 2.42. The molecule has 1 atom stereocenters. The fraction of sp³-hybridized carbons (Fsp3) is 0.667. The molecule has 2 aliphatic heterocycles. The van der Waals surface area contributed by atoms with E-state index in [4.69, 9.17) is 9.47 Å². The van der Waals surface area contributed by atoms with E-state index in [-0.39, 0.29) is 23.4 Å². The summed E-state index contributed by atoms with van der Waals surface area (Å²) in [5.41, 5.74) is -0.230. The summed E-state index contributed by atoms with van der Waals surface area (Å²) in [5.74, 6) is 0. The number of hydrogen-bond donors (Lipinski definition) is 1. The van der Waals surface area contributed by atoms with E-state index in [2.05, 4.69) is 15.3 Å². The van der Waals surface area contributed by atoms with Gasteiger partial charge in [-0.1, -0.05) is 0 Å². The second-order valence-corrected chi connectivity index (χ2v) is 5.17. The van der Waals surface area contributed by atoms with E-state index in [1.165, 1.54) is 0 Å². The summed E-state index contributed by atoms with van der Waals surface area (Å²) >= 11 is 0. The first kappa shape index (κ1) is 13.2. The molecule has 3 rings (SSSR count). The molecule has 1 unspecified atom stereocenters. The average Bonchev–Trinajstić information content (AvgIpc) is 2.83. The summed E-state index contributed by atoms with van der Waals surface area (Å²) < 4.78 is 11.5. The van der Waals surface area contributed by atoms with Crippen LogP contribution in [-0.4, -0.2) is 46.3 Å². The Balaban J connectivity index is 1.60. The van der Waals surface area contributed by atoms with Crippen molar-refractivity contribution in [2.45, 2.75) is 31.0 Å². The van der Waals surface area contributed by atoms with Crippen LogP contribution in [0.5, 0.6) is 6.01 Å². The number of nitro groups is 1. The molecule has 0 bridgehead atoms. The smallest absolute Gasteiger partial charge is 0.317 e. The zero-order valence-corrected chi connectivity index (χ0v) is 10.9. The molecule has 8 nitrogen and oxygen atoms in total. The first-order valence-electron chi connectivity index (χ1n) is 6.65. The van der Waals surface area contributed by atoms with E-state index in [9.17, 15) is 10.1 Å². The predicted molar refractivity (Wildman–Crippen MR) is 68.5 cm³/mol. The van der Waals surface area contributed by atoms with E-state index in [1.807, 2.05) is 0 Å². The fourth-order valence-corrected chi connectivity index (χ4v) is 2.72. The van der Waals surface area contributed by atoms with E-state index >= 15 is 0 Å². The van der Waals surface area contributed by atoms with E-state index < -0.39 is 4.92 Å². The molecule has 2 fully saturated rings. The number of hydrogen-bond acceptors (Lipinski definition) is 7. The molecule has 0 aliphatic carbocycles. The molecule has 0 aromatic carbocycles. The van der Waals surface area contributed by atoms with Gasteiger partial charge in [-0.2, -0.15) is 9.97 Å². The number of nitrogens with zero attached hydrogens (tertiary/aromatic N) is 3. The highest BCUT2D eigenvalue weighted by molar-refractivity contribution is 5.22.